The smallest absolute Gasteiger partial charge is 0.0960 e. The number of rotatable bonds is 2. The molecule has 3 nitrogen and oxygen atoms in total. The van der Waals surface area contributed by atoms with Crippen molar-refractivity contribution in [1.29, 1.82) is 0 Å². The molecule has 0 saturated heterocycles. The van der Waals surface area contributed by atoms with Crippen LogP contribution < -0.4 is 0 Å². The van der Waals surface area contributed by atoms with Gasteiger partial charge >= 0.3 is 0 Å². The minimum absolute atomic E-state index is 0.571. The van der Waals surface area contributed by atoms with Crippen molar-refractivity contribution in [2.45, 2.75) is 6.61 Å². The van der Waals surface area contributed by atoms with Crippen molar-refractivity contribution in [1.82, 2.24) is 9.78 Å². The van der Waals surface area contributed by atoms with E-state index >= 15 is 0 Å². The molecule has 13 heavy (non-hydrogen) atoms. The Morgan fingerprint density at radius 1 is 1.38 bits per heavy atom. The van der Waals surface area contributed by atoms with E-state index in [-0.39, 0.29) is 0 Å². The molecule has 0 atom stereocenters. The van der Waals surface area contributed by atoms with Gasteiger partial charge in [0.05, 0.1) is 17.8 Å². The third-order valence-corrected chi connectivity index (χ3v) is 2.12. The highest BCUT2D eigenvalue weighted by atomic mass is 16.5. The van der Waals surface area contributed by atoms with Gasteiger partial charge in [-0.05, 0) is 6.07 Å². The minimum Gasteiger partial charge on any atom is -0.378 e. The van der Waals surface area contributed by atoms with E-state index in [4.69, 9.17) is 4.74 Å². The SMILES string of the molecule is COCc1nn(C)c2ccccc12. The number of hydrogen-bond donors (Lipinski definition) is 0. The molecule has 0 radical (unpaired) electrons. The minimum atomic E-state index is 0.571. The zero-order valence-corrected chi connectivity index (χ0v) is 7.82. The third kappa shape index (κ3) is 1.31. The van der Waals surface area contributed by atoms with Crippen LogP contribution in [0.5, 0.6) is 0 Å². The molecule has 0 spiro atoms. The zero-order chi connectivity index (χ0) is 9.26. The lowest BCUT2D eigenvalue weighted by Gasteiger charge is -1.92. The number of methoxy groups -OCH3 is 1. The molecule has 0 bridgehead atoms. The van der Waals surface area contributed by atoms with Crippen LogP contribution in [0, 0.1) is 0 Å². The highest BCUT2D eigenvalue weighted by molar-refractivity contribution is 5.81. The van der Waals surface area contributed by atoms with Gasteiger partial charge in [-0.3, -0.25) is 4.68 Å². The summed E-state index contributed by atoms with van der Waals surface area (Å²) >= 11 is 0. The zero-order valence-electron chi connectivity index (χ0n) is 7.82. The summed E-state index contributed by atoms with van der Waals surface area (Å²) in [5.41, 5.74) is 2.15. The summed E-state index contributed by atoms with van der Waals surface area (Å²) < 4.78 is 6.95. The maximum Gasteiger partial charge on any atom is 0.0960 e. The second-order valence-electron chi connectivity index (χ2n) is 3.02. The van der Waals surface area contributed by atoms with Crippen LogP contribution in [0.3, 0.4) is 0 Å². The summed E-state index contributed by atoms with van der Waals surface area (Å²) in [5, 5.41) is 5.54. The van der Waals surface area contributed by atoms with Crippen molar-refractivity contribution in [3.8, 4) is 0 Å². The van der Waals surface area contributed by atoms with Gasteiger partial charge in [0.15, 0.2) is 0 Å². The summed E-state index contributed by atoms with van der Waals surface area (Å²) in [5.74, 6) is 0. The Hall–Kier alpha value is -1.35. The van der Waals surface area contributed by atoms with E-state index in [1.54, 1.807) is 7.11 Å². The number of para-hydroxylation sites is 1. The van der Waals surface area contributed by atoms with Gasteiger partial charge in [-0.1, -0.05) is 18.2 Å². The van der Waals surface area contributed by atoms with Gasteiger partial charge in [-0.25, -0.2) is 0 Å². The third-order valence-electron chi connectivity index (χ3n) is 2.12. The number of aryl methyl sites for hydroxylation is 1. The Morgan fingerprint density at radius 3 is 2.92 bits per heavy atom. The number of fused-ring (bicyclic) bond motifs is 1. The molecule has 0 N–H and O–H groups in total. The van der Waals surface area contributed by atoms with Crippen LogP contribution in [0.15, 0.2) is 24.3 Å². The van der Waals surface area contributed by atoms with Gasteiger partial charge in [0.25, 0.3) is 0 Å². The maximum atomic E-state index is 5.07. The first-order valence-electron chi connectivity index (χ1n) is 4.22. The molecule has 0 fully saturated rings. The Kier molecular flexibility index (Phi) is 2.02. The summed E-state index contributed by atoms with van der Waals surface area (Å²) in [6.45, 7) is 0.571. The molecule has 0 aliphatic carbocycles. The van der Waals surface area contributed by atoms with E-state index in [9.17, 15) is 0 Å². The molecular weight excluding hydrogens is 164 g/mol. The highest BCUT2D eigenvalue weighted by Gasteiger charge is 2.05. The van der Waals surface area contributed by atoms with Gasteiger partial charge in [-0.2, -0.15) is 5.10 Å². The molecule has 1 heterocycles. The predicted molar refractivity (Wildman–Crippen MR) is 51.4 cm³/mol. The summed E-state index contributed by atoms with van der Waals surface area (Å²) in [6.07, 6.45) is 0. The summed E-state index contributed by atoms with van der Waals surface area (Å²) in [4.78, 5) is 0. The fourth-order valence-corrected chi connectivity index (χ4v) is 1.53. The monoisotopic (exact) mass is 176 g/mol. The fraction of sp³-hybridized carbons (Fsp3) is 0.300. The van der Waals surface area contributed by atoms with E-state index in [0.29, 0.717) is 6.61 Å². The van der Waals surface area contributed by atoms with E-state index in [1.807, 2.05) is 23.9 Å². The van der Waals surface area contributed by atoms with Crippen molar-refractivity contribution in [2.75, 3.05) is 7.11 Å². The van der Waals surface area contributed by atoms with Crippen LogP contribution in [0.4, 0.5) is 0 Å². The first-order valence-corrected chi connectivity index (χ1v) is 4.22. The fourth-order valence-electron chi connectivity index (χ4n) is 1.53. The number of hydrogen-bond acceptors (Lipinski definition) is 2. The molecule has 2 rings (SSSR count). The molecule has 1 aromatic heterocycles. The molecule has 3 heteroatoms. The predicted octanol–water partition coefficient (Wildman–Crippen LogP) is 1.72. The van der Waals surface area contributed by atoms with Crippen LogP contribution >= 0.6 is 0 Å². The lowest BCUT2D eigenvalue weighted by atomic mass is 10.2. The average molecular weight is 176 g/mol. The Bertz CT molecular complexity index is 420. The van der Waals surface area contributed by atoms with Crippen LogP contribution in [0.1, 0.15) is 5.69 Å². The standard InChI is InChI=1S/C10H12N2O/c1-12-10-6-4-3-5-8(10)9(11-12)7-13-2/h3-6H,7H2,1-2H3. The van der Waals surface area contributed by atoms with Crippen LogP contribution in [0.2, 0.25) is 0 Å². The Labute approximate surface area is 76.9 Å². The number of aromatic nitrogens is 2. The molecule has 68 valence electrons. The van der Waals surface area contributed by atoms with Crippen molar-refractivity contribution >= 4 is 10.9 Å². The molecule has 0 aliphatic heterocycles. The Morgan fingerprint density at radius 2 is 2.15 bits per heavy atom. The normalized spacial score (nSPS) is 10.9. The second-order valence-corrected chi connectivity index (χ2v) is 3.02. The van der Waals surface area contributed by atoms with Crippen molar-refractivity contribution in [2.24, 2.45) is 7.05 Å². The maximum absolute atomic E-state index is 5.07. The highest BCUT2D eigenvalue weighted by Crippen LogP contribution is 2.17. The quantitative estimate of drug-likeness (QED) is 0.696. The molecule has 0 amide bonds. The Balaban J connectivity index is 2.63. The first-order chi connectivity index (χ1) is 6.33. The number of benzene rings is 1. The van der Waals surface area contributed by atoms with Gasteiger partial charge in [0, 0.05) is 19.5 Å². The lowest BCUT2D eigenvalue weighted by molar-refractivity contribution is 0.182. The van der Waals surface area contributed by atoms with E-state index in [0.717, 1.165) is 11.2 Å². The molecule has 0 saturated carbocycles. The number of ether oxygens (including phenoxy) is 1. The van der Waals surface area contributed by atoms with Crippen LogP contribution in [-0.4, -0.2) is 16.9 Å². The molecule has 1 aromatic carbocycles. The molecule has 2 aromatic rings. The van der Waals surface area contributed by atoms with Gasteiger partial charge in [0.1, 0.15) is 0 Å². The van der Waals surface area contributed by atoms with E-state index < -0.39 is 0 Å². The average Bonchev–Trinajstić information content (AvgIpc) is 2.46. The van der Waals surface area contributed by atoms with Crippen LogP contribution in [0.25, 0.3) is 10.9 Å². The topological polar surface area (TPSA) is 27.1 Å². The van der Waals surface area contributed by atoms with Gasteiger partial charge in [-0.15, -0.1) is 0 Å². The van der Waals surface area contributed by atoms with E-state index in [2.05, 4.69) is 17.2 Å². The second kappa shape index (κ2) is 3.18. The molecule has 0 unspecified atom stereocenters. The van der Waals surface area contributed by atoms with Crippen LogP contribution in [-0.2, 0) is 18.4 Å². The van der Waals surface area contributed by atoms with Gasteiger partial charge < -0.3 is 4.74 Å². The first kappa shape index (κ1) is 8.26. The van der Waals surface area contributed by atoms with Crippen molar-refractivity contribution in [3.05, 3.63) is 30.0 Å². The van der Waals surface area contributed by atoms with Crippen molar-refractivity contribution < 1.29 is 4.74 Å². The summed E-state index contributed by atoms with van der Waals surface area (Å²) in [6, 6.07) is 8.15. The van der Waals surface area contributed by atoms with E-state index in [1.165, 1.54) is 5.39 Å². The number of nitrogens with zero attached hydrogens (tertiary/aromatic N) is 2. The molecular formula is C10H12N2O. The van der Waals surface area contributed by atoms with Crippen molar-refractivity contribution in [3.63, 3.8) is 0 Å². The largest absolute Gasteiger partial charge is 0.378 e. The van der Waals surface area contributed by atoms with Gasteiger partial charge in [0.2, 0.25) is 0 Å². The summed E-state index contributed by atoms with van der Waals surface area (Å²) in [7, 11) is 3.63. The molecule has 0 aliphatic rings. The lowest BCUT2D eigenvalue weighted by Crippen LogP contribution is -1.92.